The summed E-state index contributed by atoms with van der Waals surface area (Å²) >= 11 is 0. The Kier molecular flexibility index (Phi) is 3.79. The van der Waals surface area contributed by atoms with Gasteiger partial charge in [0.1, 0.15) is 12.0 Å². The van der Waals surface area contributed by atoms with E-state index >= 15 is 0 Å². The molecule has 1 fully saturated rings. The van der Waals surface area contributed by atoms with Crippen molar-refractivity contribution in [1.29, 1.82) is 0 Å². The van der Waals surface area contributed by atoms with Gasteiger partial charge < -0.3 is 15.8 Å². The van der Waals surface area contributed by atoms with E-state index in [2.05, 4.69) is 15.3 Å². The molecule has 1 aliphatic heterocycles. The van der Waals surface area contributed by atoms with Crippen LogP contribution < -0.4 is 15.8 Å². The number of hydrogen-bond donors (Lipinski definition) is 2. The summed E-state index contributed by atoms with van der Waals surface area (Å²) in [4.78, 5) is 8.00. The lowest BCUT2D eigenvalue weighted by Gasteiger charge is -2.16. The molecule has 0 amide bonds. The summed E-state index contributed by atoms with van der Waals surface area (Å²) in [6.07, 6.45) is 1.86. The number of nitrogens with one attached hydrogen (secondary N) is 1. The molecule has 1 aromatic heterocycles. The molecule has 1 aromatic rings. The van der Waals surface area contributed by atoms with Crippen LogP contribution in [0.1, 0.15) is 20.3 Å². The Balaban J connectivity index is 2.13. The van der Waals surface area contributed by atoms with Crippen molar-refractivity contribution in [2.45, 2.75) is 32.4 Å². The molecule has 2 heterocycles. The standard InChI is InChI=1S/C11H18N4O3S/c1-7(2)18-11-9(12)10(13-6-14-11)15-8-3-4-19(16,17)5-8/h6-8H,3-5,12H2,1-2H3,(H,13,14,15). The largest absolute Gasteiger partial charge is 0.473 e. The molecule has 0 bridgehead atoms. The molecule has 0 saturated carbocycles. The number of ether oxygens (including phenoxy) is 1. The van der Waals surface area contributed by atoms with Crippen molar-refractivity contribution < 1.29 is 13.2 Å². The Morgan fingerprint density at radius 1 is 1.47 bits per heavy atom. The third-order valence-electron chi connectivity index (χ3n) is 2.77. The van der Waals surface area contributed by atoms with Gasteiger partial charge in [0.2, 0.25) is 5.88 Å². The summed E-state index contributed by atoms with van der Waals surface area (Å²) in [5.74, 6) is 1.04. The van der Waals surface area contributed by atoms with E-state index in [1.165, 1.54) is 6.33 Å². The summed E-state index contributed by atoms with van der Waals surface area (Å²) in [7, 11) is -2.94. The van der Waals surface area contributed by atoms with Gasteiger partial charge in [0, 0.05) is 6.04 Å². The molecule has 0 aromatic carbocycles. The fourth-order valence-corrected chi connectivity index (χ4v) is 3.59. The van der Waals surface area contributed by atoms with Gasteiger partial charge >= 0.3 is 0 Å². The second-order valence-corrected chi connectivity index (χ2v) is 7.08. The van der Waals surface area contributed by atoms with Gasteiger partial charge in [-0.1, -0.05) is 0 Å². The minimum Gasteiger partial charge on any atom is -0.473 e. The van der Waals surface area contributed by atoms with Crippen molar-refractivity contribution in [1.82, 2.24) is 9.97 Å². The van der Waals surface area contributed by atoms with Gasteiger partial charge in [-0.05, 0) is 20.3 Å². The van der Waals surface area contributed by atoms with Gasteiger partial charge in [-0.15, -0.1) is 0 Å². The quantitative estimate of drug-likeness (QED) is 0.827. The molecule has 0 spiro atoms. The van der Waals surface area contributed by atoms with E-state index in [-0.39, 0.29) is 23.7 Å². The highest BCUT2D eigenvalue weighted by Crippen LogP contribution is 2.27. The molecule has 1 unspecified atom stereocenters. The van der Waals surface area contributed by atoms with Crippen LogP contribution in [0.15, 0.2) is 6.33 Å². The summed E-state index contributed by atoms with van der Waals surface area (Å²) in [5.41, 5.74) is 6.22. The summed E-state index contributed by atoms with van der Waals surface area (Å²) in [6, 6.07) is -0.158. The Hall–Kier alpha value is -1.57. The maximum Gasteiger partial charge on any atom is 0.242 e. The zero-order chi connectivity index (χ0) is 14.0. The molecule has 1 atom stereocenters. The van der Waals surface area contributed by atoms with Gasteiger partial charge in [-0.2, -0.15) is 4.98 Å². The van der Waals surface area contributed by atoms with E-state index in [0.29, 0.717) is 23.8 Å². The normalized spacial score (nSPS) is 21.5. The predicted octanol–water partition coefficient (Wildman–Crippen LogP) is 0.445. The maximum atomic E-state index is 11.4. The Morgan fingerprint density at radius 2 is 2.21 bits per heavy atom. The SMILES string of the molecule is CC(C)Oc1ncnc(NC2CCS(=O)(=O)C2)c1N. The summed E-state index contributed by atoms with van der Waals surface area (Å²) in [5, 5.41) is 3.04. The number of nitrogens with two attached hydrogens (primary N) is 1. The number of hydrogen-bond acceptors (Lipinski definition) is 7. The van der Waals surface area contributed by atoms with Gasteiger partial charge in [0.05, 0.1) is 17.6 Å². The smallest absolute Gasteiger partial charge is 0.242 e. The van der Waals surface area contributed by atoms with Gasteiger partial charge in [-0.25, -0.2) is 13.4 Å². The molecular weight excluding hydrogens is 268 g/mol. The highest BCUT2D eigenvalue weighted by atomic mass is 32.2. The number of rotatable bonds is 4. The van der Waals surface area contributed by atoms with Crippen molar-refractivity contribution >= 4 is 21.3 Å². The second kappa shape index (κ2) is 5.20. The average molecular weight is 286 g/mol. The van der Waals surface area contributed by atoms with E-state index in [4.69, 9.17) is 10.5 Å². The number of anilines is 2. The molecular formula is C11H18N4O3S. The van der Waals surface area contributed by atoms with Crippen LogP contribution >= 0.6 is 0 Å². The van der Waals surface area contributed by atoms with Crippen molar-refractivity contribution in [2.24, 2.45) is 0 Å². The summed E-state index contributed by atoms with van der Waals surface area (Å²) < 4.78 is 28.3. The molecule has 0 aliphatic carbocycles. The maximum absolute atomic E-state index is 11.4. The Morgan fingerprint density at radius 3 is 2.79 bits per heavy atom. The van der Waals surface area contributed by atoms with Crippen LogP contribution in [0.2, 0.25) is 0 Å². The first-order chi connectivity index (χ1) is 8.87. The van der Waals surface area contributed by atoms with Crippen LogP contribution in [0.3, 0.4) is 0 Å². The molecule has 2 rings (SSSR count). The molecule has 1 aliphatic rings. The first kappa shape index (κ1) is 13.9. The monoisotopic (exact) mass is 286 g/mol. The van der Waals surface area contributed by atoms with Crippen molar-refractivity contribution in [3.63, 3.8) is 0 Å². The Bertz CT molecular complexity index is 559. The number of sulfone groups is 1. The lowest BCUT2D eigenvalue weighted by atomic mass is 10.2. The molecule has 19 heavy (non-hydrogen) atoms. The summed E-state index contributed by atoms with van der Waals surface area (Å²) in [6.45, 7) is 3.75. The van der Waals surface area contributed by atoms with E-state index in [1.54, 1.807) is 0 Å². The van der Waals surface area contributed by atoms with Gasteiger partial charge in [0.15, 0.2) is 15.7 Å². The van der Waals surface area contributed by atoms with E-state index in [1.807, 2.05) is 13.8 Å². The van der Waals surface area contributed by atoms with Crippen molar-refractivity contribution in [2.75, 3.05) is 22.6 Å². The predicted molar refractivity (Wildman–Crippen MR) is 72.9 cm³/mol. The van der Waals surface area contributed by atoms with Crippen LogP contribution in [0.4, 0.5) is 11.5 Å². The zero-order valence-electron chi connectivity index (χ0n) is 11.0. The lowest BCUT2D eigenvalue weighted by molar-refractivity contribution is 0.234. The first-order valence-corrected chi connectivity index (χ1v) is 7.93. The van der Waals surface area contributed by atoms with E-state index in [9.17, 15) is 8.42 Å². The molecule has 106 valence electrons. The number of nitrogen functional groups attached to an aromatic ring is 1. The lowest BCUT2D eigenvalue weighted by Crippen LogP contribution is -2.22. The fourth-order valence-electron chi connectivity index (χ4n) is 1.91. The van der Waals surface area contributed by atoms with Crippen molar-refractivity contribution in [3.8, 4) is 5.88 Å². The second-order valence-electron chi connectivity index (χ2n) is 4.85. The highest BCUT2D eigenvalue weighted by molar-refractivity contribution is 7.91. The molecule has 1 saturated heterocycles. The van der Waals surface area contributed by atoms with Gasteiger partial charge in [0.25, 0.3) is 0 Å². The van der Waals surface area contributed by atoms with Crippen LogP contribution in [0.25, 0.3) is 0 Å². The molecule has 3 N–H and O–H groups in total. The third kappa shape index (κ3) is 3.46. The molecule has 7 nitrogen and oxygen atoms in total. The van der Waals surface area contributed by atoms with Gasteiger partial charge in [-0.3, -0.25) is 0 Å². The fraction of sp³-hybridized carbons (Fsp3) is 0.636. The molecule has 8 heteroatoms. The zero-order valence-corrected chi connectivity index (χ0v) is 11.8. The van der Waals surface area contributed by atoms with Crippen LogP contribution in [0, 0.1) is 0 Å². The van der Waals surface area contributed by atoms with Crippen LogP contribution in [0.5, 0.6) is 5.88 Å². The minimum absolute atomic E-state index is 0.0445. The average Bonchev–Trinajstić information content (AvgIpc) is 2.63. The number of aromatic nitrogens is 2. The van der Waals surface area contributed by atoms with Crippen LogP contribution in [-0.4, -0.2) is 42.0 Å². The minimum atomic E-state index is -2.94. The topological polar surface area (TPSA) is 107 Å². The highest BCUT2D eigenvalue weighted by Gasteiger charge is 2.28. The first-order valence-electron chi connectivity index (χ1n) is 6.11. The number of nitrogens with zero attached hydrogens (tertiary/aromatic N) is 2. The third-order valence-corrected chi connectivity index (χ3v) is 4.54. The molecule has 0 radical (unpaired) electrons. The van der Waals surface area contributed by atoms with Crippen LogP contribution in [-0.2, 0) is 9.84 Å². The van der Waals surface area contributed by atoms with E-state index in [0.717, 1.165) is 0 Å². The van der Waals surface area contributed by atoms with Crippen molar-refractivity contribution in [3.05, 3.63) is 6.33 Å². The Labute approximate surface area is 112 Å². The van der Waals surface area contributed by atoms with E-state index < -0.39 is 9.84 Å².